The van der Waals surface area contributed by atoms with Crippen molar-refractivity contribution in [1.29, 1.82) is 0 Å². The average Bonchev–Trinajstić information content (AvgIpc) is 2.38. The van der Waals surface area contributed by atoms with Crippen molar-refractivity contribution in [3.8, 4) is 0 Å². The van der Waals surface area contributed by atoms with Crippen LogP contribution in [0, 0.1) is 0 Å². The first-order chi connectivity index (χ1) is 9.08. The Balaban J connectivity index is 2.25. The smallest absolute Gasteiger partial charge is 0.191 e. The monoisotopic (exact) mass is 275 g/mol. The molecule has 0 unspecified atom stereocenters. The van der Waals surface area contributed by atoms with Crippen LogP contribution in [0.15, 0.2) is 35.5 Å². The van der Waals surface area contributed by atoms with Crippen LogP contribution in [0.5, 0.6) is 0 Å². The fourth-order valence-corrected chi connectivity index (χ4v) is 1.99. The molecular formula is C13H17N5S. The largest absolute Gasteiger partial charge is 0.383 e. The summed E-state index contributed by atoms with van der Waals surface area (Å²) in [6.45, 7) is 0. The zero-order valence-corrected chi connectivity index (χ0v) is 12.0. The molecule has 0 radical (unpaired) electrons. The Morgan fingerprint density at radius 3 is 2.68 bits per heavy atom. The highest BCUT2D eigenvalue weighted by atomic mass is 32.2. The number of hydrogen-bond acceptors (Lipinski definition) is 6. The molecule has 1 aromatic carbocycles. The Morgan fingerprint density at radius 1 is 1.21 bits per heavy atom. The van der Waals surface area contributed by atoms with E-state index >= 15 is 0 Å². The van der Waals surface area contributed by atoms with Gasteiger partial charge >= 0.3 is 0 Å². The second-order valence-corrected chi connectivity index (χ2v) is 5.01. The maximum Gasteiger partial charge on any atom is 0.191 e. The van der Waals surface area contributed by atoms with E-state index in [1.807, 2.05) is 43.5 Å². The van der Waals surface area contributed by atoms with Gasteiger partial charge in [-0.2, -0.15) is 0 Å². The third-order valence-corrected chi connectivity index (χ3v) is 3.09. The Labute approximate surface area is 117 Å². The number of nitrogen functional groups attached to an aromatic ring is 1. The molecule has 5 nitrogen and oxygen atoms in total. The zero-order valence-electron chi connectivity index (χ0n) is 11.2. The van der Waals surface area contributed by atoms with Crippen molar-refractivity contribution in [3.05, 3.63) is 30.3 Å². The first-order valence-corrected chi connectivity index (χ1v) is 7.04. The van der Waals surface area contributed by atoms with Gasteiger partial charge in [0, 0.05) is 31.5 Å². The minimum atomic E-state index is 0.464. The van der Waals surface area contributed by atoms with Gasteiger partial charge in [-0.3, -0.25) is 0 Å². The Kier molecular flexibility index (Phi) is 4.11. The predicted octanol–water partition coefficient (Wildman–Crippen LogP) is 2.59. The van der Waals surface area contributed by atoms with Crippen LogP contribution < -0.4 is 16.0 Å². The van der Waals surface area contributed by atoms with E-state index in [2.05, 4.69) is 21.4 Å². The summed E-state index contributed by atoms with van der Waals surface area (Å²) in [6, 6.07) is 9.81. The number of nitrogens with zero attached hydrogens (tertiary/aromatic N) is 3. The molecule has 0 atom stereocenters. The average molecular weight is 275 g/mol. The van der Waals surface area contributed by atoms with E-state index < -0.39 is 0 Å². The number of hydrogen-bond donors (Lipinski definition) is 2. The lowest BCUT2D eigenvalue weighted by Crippen LogP contribution is -2.08. The molecule has 0 aliphatic rings. The highest BCUT2D eigenvalue weighted by molar-refractivity contribution is 7.98. The zero-order chi connectivity index (χ0) is 13.8. The fraction of sp³-hybridized carbons (Fsp3) is 0.231. The quantitative estimate of drug-likeness (QED) is 0.660. The molecule has 0 bridgehead atoms. The normalized spacial score (nSPS) is 10.3. The van der Waals surface area contributed by atoms with Crippen LogP contribution in [-0.2, 0) is 0 Å². The van der Waals surface area contributed by atoms with Gasteiger partial charge in [0.15, 0.2) is 5.16 Å². The van der Waals surface area contributed by atoms with E-state index in [9.17, 15) is 0 Å². The van der Waals surface area contributed by atoms with Crippen molar-refractivity contribution in [2.45, 2.75) is 5.16 Å². The number of aromatic nitrogens is 2. The number of thioether (sulfide) groups is 1. The molecule has 0 spiro atoms. The molecule has 19 heavy (non-hydrogen) atoms. The molecule has 0 amide bonds. The number of anilines is 4. The molecule has 0 fully saturated rings. The van der Waals surface area contributed by atoms with Crippen molar-refractivity contribution in [2.75, 3.05) is 36.3 Å². The summed E-state index contributed by atoms with van der Waals surface area (Å²) in [7, 11) is 4.02. The number of rotatable bonds is 4. The van der Waals surface area contributed by atoms with Gasteiger partial charge in [0.05, 0.1) is 0 Å². The van der Waals surface area contributed by atoms with Gasteiger partial charge in [0.1, 0.15) is 11.6 Å². The highest BCUT2D eigenvalue weighted by Gasteiger charge is 2.03. The van der Waals surface area contributed by atoms with Gasteiger partial charge in [-0.05, 0) is 24.5 Å². The third-order valence-electron chi connectivity index (χ3n) is 2.54. The lowest BCUT2D eigenvalue weighted by Gasteiger charge is -2.14. The number of benzene rings is 1. The van der Waals surface area contributed by atoms with Crippen LogP contribution in [0.2, 0.25) is 0 Å². The summed E-state index contributed by atoms with van der Waals surface area (Å²) in [5.74, 6) is 1.17. The minimum Gasteiger partial charge on any atom is -0.383 e. The molecule has 0 saturated heterocycles. The maximum absolute atomic E-state index is 5.75. The maximum atomic E-state index is 5.75. The number of nitrogens with two attached hydrogens (primary N) is 1. The first kappa shape index (κ1) is 13.5. The van der Waals surface area contributed by atoms with Crippen molar-refractivity contribution in [1.82, 2.24) is 9.97 Å². The van der Waals surface area contributed by atoms with E-state index in [1.165, 1.54) is 11.8 Å². The van der Waals surface area contributed by atoms with Crippen molar-refractivity contribution >= 4 is 34.8 Å². The van der Waals surface area contributed by atoms with E-state index in [0.717, 1.165) is 11.4 Å². The molecule has 1 aromatic heterocycles. The van der Waals surface area contributed by atoms with Crippen LogP contribution in [0.4, 0.5) is 23.0 Å². The molecule has 100 valence electrons. The molecule has 2 rings (SSSR count). The Hall–Kier alpha value is -1.95. The minimum absolute atomic E-state index is 0.464. The second-order valence-electron chi connectivity index (χ2n) is 4.23. The van der Waals surface area contributed by atoms with E-state index in [-0.39, 0.29) is 0 Å². The van der Waals surface area contributed by atoms with Gasteiger partial charge in [-0.1, -0.05) is 17.8 Å². The van der Waals surface area contributed by atoms with Crippen molar-refractivity contribution in [2.24, 2.45) is 0 Å². The summed E-state index contributed by atoms with van der Waals surface area (Å²) in [6.07, 6.45) is 1.92. The van der Waals surface area contributed by atoms with Gasteiger partial charge in [0.25, 0.3) is 0 Å². The highest BCUT2D eigenvalue weighted by Crippen LogP contribution is 2.22. The molecule has 3 N–H and O–H groups in total. The molecule has 0 aliphatic heterocycles. The van der Waals surface area contributed by atoms with Crippen LogP contribution in [0.25, 0.3) is 0 Å². The fourth-order valence-electron chi connectivity index (χ4n) is 1.61. The van der Waals surface area contributed by atoms with Gasteiger partial charge in [-0.15, -0.1) is 0 Å². The standard InChI is InChI=1S/C13H17N5S/c1-18(2)10-6-4-5-9(7-10)15-12-8-11(14)16-13(17-12)19-3/h4-8H,1-3H3,(H3,14,15,16,17). The SMILES string of the molecule is CSc1nc(N)cc(Nc2cccc(N(C)C)c2)n1. The Morgan fingerprint density at radius 2 is 2.00 bits per heavy atom. The van der Waals surface area contributed by atoms with Crippen molar-refractivity contribution < 1.29 is 0 Å². The molecule has 6 heteroatoms. The molecule has 0 aliphatic carbocycles. The summed E-state index contributed by atoms with van der Waals surface area (Å²) in [5.41, 5.74) is 7.85. The van der Waals surface area contributed by atoms with Gasteiger partial charge < -0.3 is 16.0 Å². The number of nitrogens with one attached hydrogen (secondary N) is 1. The van der Waals surface area contributed by atoms with Crippen LogP contribution in [0.3, 0.4) is 0 Å². The van der Waals surface area contributed by atoms with Gasteiger partial charge in [0.2, 0.25) is 0 Å². The summed E-state index contributed by atoms with van der Waals surface area (Å²) < 4.78 is 0. The lowest BCUT2D eigenvalue weighted by atomic mass is 10.2. The predicted molar refractivity (Wildman–Crippen MR) is 82.3 cm³/mol. The van der Waals surface area contributed by atoms with Crippen molar-refractivity contribution in [3.63, 3.8) is 0 Å². The van der Waals surface area contributed by atoms with Crippen LogP contribution in [-0.4, -0.2) is 30.3 Å². The van der Waals surface area contributed by atoms with Crippen LogP contribution in [0.1, 0.15) is 0 Å². The lowest BCUT2D eigenvalue weighted by molar-refractivity contribution is 0.984. The second kappa shape index (κ2) is 5.79. The summed E-state index contributed by atoms with van der Waals surface area (Å²) in [5, 5.41) is 3.90. The van der Waals surface area contributed by atoms with Gasteiger partial charge in [-0.25, -0.2) is 9.97 Å². The van der Waals surface area contributed by atoms with E-state index in [4.69, 9.17) is 5.73 Å². The van der Waals surface area contributed by atoms with E-state index in [0.29, 0.717) is 16.8 Å². The molecule has 2 aromatic rings. The molecule has 0 saturated carbocycles. The molecular weight excluding hydrogens is 258 g/mol. The first-order valence-electron chi connectivity index (χ1n) is 5.81. The topological polar surface area (TPSA) is 67.1 Å². The summed E-state index contributed by atoms with van der Waals surface area (Å²) in [4.78, 5) is 10.5. The third kappa shape index (κ3) is 3.51. The summed E-state index contributed by atoms with van der Waals surface area (Å²) >= 11 is 1.47. The van der Waals surface area contributed by atoms with Crippen LogP contribution >= 0.6 is 11.8 Å². The Bertz CT molecular complexity index is 571. The van der Waals surface area contributed by atoms with E-state index in [1.54, 1.807) is 6.07 Å². The molecule has 1 heterocycles.